The van der Waals surface area contributed by atoms with Crippen LogP contribution in [0.5, 0.6) is 0 Å². The van der Waals surface area contributed by atoms with E-state index in [9.17, 15) is 4.79 Å². The molecule has 0 N–H and O–H groups in total. The third-order valence-electron chi connectivity index (χ3n) is 3.78. The molecule has 0 bridgehead atoms. The number of amides is 1. The minimum absolute atomic E-state index is 0.111. The minimum atomic E-state index is 0.111. The van der Waals surface area contributed by atoms with Crippen LogP contribution in [0.1, 0.15) is 36.5 Å². The van der Waals surface area contributed by atoms with E-state index in [4.69, 9.17) is 0 Å². The Bertz CT molecular complexity index is 611. The number of hydrogen-bond donors (Lipinski definition) is 0. The molecule has 4 heteroatoms. The minimum Gasteiger partial charge on any atom is -0.336 e. The van der Waals surface area contributed by atoms with Crippen molar-refractivity contribution in [2.75, 3.05) is 6.54 Å². The fourth-order valence-corrected chi connectivity index (χ4v) is 2.66. The highest BCUT2D eigenvalue weighted by atomic mass is 16.2. The topological polar surface area (TPSA) is 46.1 Å². The van der Waals surface area contributed by atoms with Gasteiger partial charge in [-0.2, -0.15) is 0 Å². The Kier molecular flexibility index (Phi) is 3.15. The Morgan fingerprint density at radius 2 is 2.00 bits per heavy atom. The van der Waals surface area contributed by atoms with Gasteiger partial charge in [0.2, 0.25) is 0 Å². The van der Waals surface area contributed by atoms with Crippen molar-refractivity contribution in [1.82, 2.24) is 14.9 Å². The highest BCUT2D eigenvalue weighted by molar-refractivity contribution is 5.97. The molecule has 1 aliphatic rings. The fraction of sp³-hybridized carbons (Fsp3) is 0.400. The number of benzene rings is 1. The molecule has 0 saturated carbocycles. The second-order valence-electron chi connectivity index (χ2n) is 5.10. The molecule has 1 aromatic heterocycles. The van der Waals surface area contributed by atoms with Crippen LogP contribution in [0.2, 0.25) is 0 Å². The number of aromatic nitrogens is 2. The summed E-state index contributed by atoms with van der Waals surface area (Å²) in [6, 6.07) is 5.88. The van der Waals surface area contributed by atoms with Crippen LogP contribution in [0.3, 0.4) is 0 Å². The van der Waals surface area contributed by atoms with E-state index in [0.29, 0.717) is 11.6 Å². The van der Waals surface area contributed by atoms with Crippen molar-refractivity contribution < 1.29 is 4.79 Å². The van der Waals surface area contributed by atoms with E-state index in [1.54, 1.807) is 12.4 Å². The summed E-state index contributed by atoms with van der Waals surface area (Å²) in [4.78, 5) is 23.0. The third kappa shape index (κ3) is 2.30. The summed E-state index contributed by atoms with van der Waals surface area (Å²) in [7, 11) is 0. The molecule has 1 saturated heterocycles. The molecule has 1 aliphatic heterocycles. The second kappa shape index (κ2) is 4.96. The summed E-state index contributed by atoms with van der Waals surface area (Å²) < 4.78 is 0. The van der Waals surface area contributed by atoms with Crippen molar-refractivity contribution in [3.63, 3.8) is 0 Å². The van der Waals surface area contributed by atoms with E-state index < -0.39 is 0 Å². The van der Waals surface area contributed by atoms with Crippen molar-refractivity contribution in [2.45, 2.75) is 32.2 Å². The molecule has 1 atom stereocenters. The monoisotopic (exact) mass is 255 g/mol. The van der Waals surface area contributed by atoms with Crippen LogP contribution in [0.25, 0.3) is 11.0 Å². The van der Waals surface area contributed by atoms with Crippen molar-refractivity contribution in [3.05, 3.63) is 36.2 Å². The number of rotatable bonds is 1. The van der Waals surface area contributed by atoms with Crippen LogP contribution >= 0.6 is 0 Å². The van der Waals surface area contributed by atoms with Crippen LogP contribution in [-0.2, 0) is 0 Å². The molecular weight excluding hydrogens is 238 g/mol. The first-order valence-electron chi connectivity index (χ1n) is 6.77. The van der Waals surface area contributed by atoms with Gasteiger partial charge in [0.25, 0.3) is 5.91 Å². The van der Waals surface area contributed by atoms with Gasteiger partial charge in [0.05, 0.1) is 11.0 Å². The number of carbonyl (C=O) groups excluding carboxylic acids is 1. The quantitative estimate of drug-likeness (QED) is 0.787. The lowest BCUT2D eigenvalue weighted by Gasteiger charge is -2.33. The average Bonchev–Trinajstić information content (AvgIpc) is 2.46. The van der Waals surface area contributed by atoms with Gasteiger partial charge >= 0.3 is 0 Å². The fourth-order valence-electron chi connectivity index (χ4n) is 2.66. The number of piperidine rings is 1. The zero-order chi connectivity index (χ0) is 13.2. The van der Waals surface area contributed by atoms with E-state index in [-0.39, 0.29) is 5.91 Å². The summed E-state index contributed by atoms with van der Waals surface area (Å²) in [5.41, 5.74) is 2.31. The van der Waals surface area contributed by atoms with Crippen LogP contribution < -0.4 is 0 Å². The molecule has 3 rings (SSSR count). The first-order valence-corrected chi connectivity index (χ1v) is 6.77. The zero-order valence-corrected chi connectivity index (χ0v) is 11.0. The summed E-state index contributed by atoms with van der Waals surface area (Å²) in [5, 5.41) is 0. The molecule has 19 heavy (non-hydrogen) atoms. The predicted molar refractivity (Wildman–Crippen MR) is 73.9 cm³/mol. The summed E-state index contributed by atoms with van der Waals surface area (Å²) in [6.45, 7) is 2.98. The first-order chi connectivity index (χ1) is 9.25. The molecule has 1 amide bonds. The highest BCUT2D eigenvalue weighted by Crippen LogP contribution is 2.20. The lowest BCUT2D eigenvalue weighted by Crippen LogP contribution is -2.42. The maximum absolute atomic E-state index is 12.5. The summed E-state index contributed by atoms with van der Waals surface area (Å²) in [6.07, 6.45) is 6.73. The molecule has 98 valence electrons. The van der Waals surface area contributed by atoms with Gasteiger partial charge in [-0.05, 0) is 44.4 Å². The Hall–Kier alpha value is -1.97. The third-order valence-corrected chi connectivity index (χ3v) is 3.78. The van der Waals surface area contributed by atoms with Gasteiger partial charge in [-0.15, -0.1) is 0 Å². The van der Waals surface area contributed by atoms with E-state index in [2.05, 4.69) is 16.9 Å². The standard InChI is InChI=1S/C15H17N3O/c1-11-4-2-3-9-18(11)15(19)12-5-6-13-14(10-12)17-8-7-16-13/h5-8,10-11H,2-4,9H2,1H3. The molecule has 1 aromatic carbocycles. The molecule has 0 radical (unpaired) electrons. The van der Waals surface area contributed by atoms with Gasteiger partial charge in [0, 0.05) is 30.5 Å². The van der Waals surface area contributed by atoms with Crippen molar-refractivity contribution in [3.8, 4) is 0 Å². The van der Waals surface area contributed by atoms with Gasteiger partial charge in [-0.1, -0.05) is 0 Å². The smallest absolute Gasteiger partial charge is 0.254 e. The number of carbonyl (C=O) groups is 1. The zero-order valence-electron chi connectivity index (χ0n) is 11.0. The van der Waals surface area contributed by atoms with Gasteiger partial charge in [-0.3, -0.25) is 14.8 Å². The van der Waals surface area contributed by atoms with E-state index in [1.165, 1.54) is 6.42 Å². The number of hydrogen-bond acceptors (Lipinski definition) is 3. The van der Waals surface area contributed by atoms with Crippen molar-refractivity contribution in [2.24, 2.45) is 0 Å². The number of likely N-dealkylation sites (tertiary alicyclic amines) is 1. The van der Waals surface area contributed by atoms with Gasteiger partial charge in [0.15, 0.2) is 0 Å². The molecule has 0 spiro atoms. The van der Waals surface area contributed by atoms with E-state index >= 15 is 0 Å². The lowest BCUT2D eigenvalue weighted by molar-refractivity contribution is 0.0636. The Balaban J connectivity index is 1.92. The van der Waals surface area contributed by atoms with Crippen LogP contribution in [0, 0.1) is 0 Å². The normalized spacial score (nSPS) is 19.6. The maximum atomic E-state index is 12.5. The van der Waals surface area contributed by atoms with Crippen molar-refractivity contribution in [1.29, 1.82) is 0 Å². The van der Waals surface area contributed by atoms with Gasteiger partial charge in [0.1, 0.15) is 0 Å². The molecule has 2 aromatic rings. The molecule has 1 unspecified atom stereocenters. The SMILES string of the molecule is CC1CCCCN1C(=O)c1ccc2nccnc2c1. The molecule has 1 fully saturated rings. The molecule has 0 aliphatic carbocycles. The Labute approximate surface area is 112 Å². The largest absolute Gasteiger partial charge is 0.336 e. The van der Waals surface area contributed by atoms with Crippen LogP contribution in [-0.4, -0.2) is 33.4 Å². The Morgan fingerprint density at radius 1 is 1.21 bits per heavy atom. The van der Waals surface area contributed by atoms with E-state index in [0.717, 1.165) is 30.4 Å². The van der Waals surface area contributed by atoms with Gasteiger partial charge < -0.3 is 4.90 Å². The molecule has 4 nitrogen and oxygen atoms in total. The highest BCUT2D eigenvalue weighted by Gasteiger charge is 2.24. The Morgan fingerprint density at radius 3 is 2.79 bits per heavy atom. The predicted octanol–water partition coefficient (Wildman–Crippen LogP) is 2.64. The van der Waals surface area contributed by atoms with E-state index in [1.807, 2.05) is 23.1 Å². The second-order valence-corrected chi connectivity index (χ2v) is 5.10. The average molecular weight is 255 g/mol. The van der Waals surface area contributed by atoms with Gasteiger partial charge in [-0.25, -0.2) is 0 Å². The lowest BCUT2D eigenvalue weighted by atomic mass is 10.0. The van der Waals surface area contributed by atoms with Crippen molar-refractivity contribution >= 4 is 16.9 Å². The van der Waals surface area contributed by atoms with Crippen LogP contribution in [0.4, 0.5) is 0 Å². The first kappa shape index (κ1) is 12.1. The molecular formula is C15H17N3O. The summed E-state index contributed by atoms with van der Waals surface area (Å²) in [5.74, 6) is 0.111. The summed E-state index contributed by atoms with van der Waals surface area (Å²) >= 11 is 0. The number of nitrogens with zero attached hydrogens (tertiary/aromatic N) is 3. The maximum Gasteiger partial charge on any atom is 0.254 e. The van der Waals surface area contributed by atoms with Crippen LogP contribution in [0.15, 0.2) is 30.6 Å². The molecule has 2 heterocycles. The number of fused-ring (bicyclic) bond motifs is 1.